The van der Waals surface area contributed by atoms with E-state index >= 15 is 0 Å². The van der Waals surface area contributed by atoms with Crippen LogP contribution in [0.15, 0.2) is 6.20 Å². The van der Waals surface area contributed by atoms with Gasteiger partial charge in [0.25, 0.3) is 0 Å². The van der Waals surface area contributed by atoms with Gasteiger partial charge in [0.05, 0.1) is 45.8 Å². The van der Waals surface area contributed by atoms with E-state index in [0.29, 0.717) is 51.9 Å². The molecule has 0 aliphatic heterocycles. The SMILES string of the molecule is CC#CCOCCOCCOCCn1cc(C(C)=O)nn1. The van der Waals surface area contributed by atoms with Gasteiger partial charge in [0.1, 0.15) is 12.3 Å². The van der Waals surface area contributed by atoms with Gasteiger partial charge in [0.2, 0.25) is 0 Å². The van der Waals surface area contributed by atoms with E-state index in [1.54, 1.807) is 17.8 Å². The van der Waals surface area contributed by atoms with Gasteiger partial charge in [0.15, 0.2) is 5.78 Å². The lowest BCUT2D eigenvalue weighted by atomic mass is 10.3. The first kappa shape index (κ1) is 17.3. The molecule has 0 bridgehead atoms. The van der Waals surface area contributed by atoms with Crippen molar-refractivity contribution in [1.29, 1.82) is 0 Å². The van der Waals surface area contributed by atoms with Crippen molar-refractivity contribution in [3.8, 4) is 11.8 Å². The number of hydrogen-bond donors (Lipinski definition) is 0. The Morgan fingerprint density at radius 2 is 1.86 bits per heavy atom. The van der Waals surface area contributed by atoms with Gasteiger partial charge in [-0.1, -0.05) is 11.1 Å². The number of carbonyl (C=O) groups is 1. The van der Waals surface area contributed by atoms with Crippen molar-refractivity contribution >= 4 is 5.78 Å². The molecule has 1 rings (SSSR count). The number of nitrogens with zero attached hydrogens (tertiary/aromatic N) is 3. The summed E-state index contributed by atoms with van der Waals surface area (Å²) in [6.45, 7) is 6.80. The van der Waals surface area contributed by atoms with Crippen molar-refractivity contribution < 1.29 is 19.0 Å². The van der Waals surface area contributed by atoms with Gasteiger partial charge in [-0.2, -0.15) is 0 Å². The highest BCUT2D eigenvalue weighted by molar-refractivity contribution is 5.91. The molecule has 0 atom stereocenters. The van der Waals surface area contributed by atoms with Gasteiger partial charge in [-0.3, -0.25) is 4.79 Å². The van der Waals surface area contributed by atoms with Crippen LogP contribution in [0.25, 0.3) is 0 Å². The first-order valence-electron chi connectivity index (χ1n) is 6.78. The maximum Gasteiger partial charge on any atom is 0.181 e. The summed E-state index contributed by atoms with van der Waals surface area (Å²) >= 11 is 0. The number of rotatable bonds is 11. The summed E-state index contributed by atoms with van der Waals surface area (Å²) < 4.78 is 17.5. The highest BCUT2D eigenvalue weighted by Gasteiger charge is 2.04. The zero-order valence-corrected chi connectivity index (χ0v) is 12.5. The molecule has 1 aromatic heterocycles. The molecule has 0 unspecified atom stereocenters. The summed E-state index contributed by atoms with van der Waals surface area (Å²) in [5, 5.41) is 7.57. The van der Waals surface area contributed by atoms with Crippen LogP contribution < -0.4 is 0 Å². The minimum Gasteiger partial charge on any atom is -0.377 e. The zero-order chi connectivity index (χ0) is 15.3. The van der Waals surface area contributed by atoms with Crippen LogP contribution in [0, 0.1) is 11.8 Å². The van der Waals surface area contributed by atoms with E-state index in [9.17, 15) is 4.79 Å². The molecule has 0 spiro atoms. The number of hydrogen-bond acceptors (Lipinski definition) is 6. The normalized spacial score (nSPS) is 10.2. The van der Waals surface area contributed by atoms with E-state index < -0.39 is 0 Å². The van der Waals surface area contributed by atoms with E-state index in [-0.39, 0.29) is 5.78 Å². The van der Waals surface area contributed by atoms with Gasteiger partial charge in [-0.15, -0.1) is 11.0 Å². The van der Waals surface area contributed by atoms with Crippen LogP contribution in [0.3, 0.4) is 0 Å². The maximum absolute atomic E-state index is 11.0. The molecule has 0 saturated carbocycles. The van der Waals surface area contributed by atoms with E-state index in [1.807, 2.05) is 0 Å². The molecule has 0 aromatic carbocycles. The topological polar surface area (TPSA) is 75.5 Å². The third-order valence-corrected chi connectivity index (χ3v) is 2.46. The summed E-state index contributed by atoms with van der Waals surface area (Å²) in [6.07, 6.45) is 1.61. The molecule has 21 heavy (non-hydrogen) atoms. The second kappa shape index (κ2) is 11.0. The molecular weight excluding hydrogens is 274 g/mol. The molecule has 0 aliphatic rings. The maximum atomic E-state index is 11.0. The standard InChI is InChI=1S/C14H21N3O4/c1-3-4-6-19-8-10-21-11-9-20-7-5-17-12-14(13(2)18)15-16-17/h12H,5-11H2,1-2H3. The molecule has 0 fully saturated rings. The Morgan fingerprint density at radius 1 is 1.19 bits per heavy atom. The van der Waals surface area contributed by atoms with Gasteiger partial charge in [0, 0.05) is 6.92 Å². The Bertz CT molecular complexity index is 476. The van der Waals surface area contributed by atoms with Gasteiger partial charge in [-0.05, 0) is 6.92 Å². The van der Waals surface area contributed by atoms with E-state index in [2.05, 4.69) is 22.2 Å². The number of aromatic nitrogens is 3. The fourth-order valence-electron chi connectivity index (χ4n) is 1.36. The summed E-state index contributed by atoms with van der Waals surface area (Å²) in [5.74, 6) is 5.46. The molecule has 1 heterocycles. The molecule has 116 valence electrons. The predicted molar refractivity (Wildman–Crippen MR) is 75.9 cm³/mol. The number of ether oxygens (including phenoxy) is 3. The van der Waals surface area contributed by atoms with Crippen molar-refractivity contribution in [3.63, 3.8) is 0 Å². The number of ketones is 1. The smallest absolute Gasteiger partial charge is 0.181 e. The third kappa shape index (κ3) is 8.19. The zero-order valence-electron chi connectivity index (χ0n) is 12.5. The van der Waals surface area contributed by atoms with E-state index in [0.717, 1.165) is 0 Å². The highest BCUT2D eigenvalue weighted by Crippen LogP contribution is 1.94. The van der Waals surface area contributed by atoms with Gasteiger partial charge >= 0.3 is 0 Å². The van der Waals surface area contributed by atoms with Crippen LogP contribution in [0.4, 0.5) is 0 Å². The Morgan fingerprint density at radius 3 is 2.48 bits per heavy atom. The number of Topliss-reactive ketones (excluding diaryl/α,β-unsaturated/α-hetero) is 1. The third-order valence-electron chi connectivity index (χ3n) is 2.46. The first-order valence-corrected chi connectivity index (χ1v) is 6.78. The van der Waals surface area contributed by atoms with Gasteiger partial charge < -0.3 is 14.2 Å². The largest absolute Gasteiger partial charge is 0.377 e. The molecule has 0 aliphatic carbocycles. The molecule has 1 aromatic rings. The minimum absolute atomic E-state index is 0.0947. The predicted octanol–water partition coefficient (Wildman–Crippen LogP) is 0.554. The lowest BCUT2D eigenvalue weighted by Gasteiger charge is -2.05. The minimum atomic E-state index is -0.0947. The summed E-state index contributed by atoms with van der Waals surface area (Å²) in [7, 11) is 0. The first-order chi connectivity index (χ1) is 10.2. The molecule has 0 radical (unpaired) electrons. The van der Waals surface area contributed by atoms with Crippen LogP contribution >= 0.6 is 0 Å². The second-order valence-corrected chi connectivity index (χ2v) is 4.13. The molecule has 0 amide bonds. The van der Waals surface area contributed by atoms with Crippen LogP contribution in [0.2, 0.25) is 0 Å². The van der Waals surface area contributed by atoms with E-state index in [1.165, 1.54) is 6.92 Å². The van der Waals surface area contributed by atoms with Crippen LogP contribution in [0.5, 0.6) is 0 Å². The monoisotopic (exact) mass is 295 g/mol. The summed E-state index contributed by atoms with van der Waals surface area (Å²) in [5.41, 5.74) is 0.367. The lowest BCUT2D eigenvalue weighted by molar-refractivity contribution is 0.0181. The van der Waals surface area contributed by atoms with Crippen LogP contribution in [-0.2, 0) is 20.8 Å². The van der Waals surface area contributed by atoms with E-state index in [4.69, 9.17) is 14.2 Å². The highest BCUT2D eigenvalue weighted by atomic mass is 16.5. The van der Waals surface area contributed by atoms with Crippen LogP contribution in [-0.4, -0.2) is 60.4 Å². The fraction of sp³-hybridized carbons (Fsp3) is 0.643. The van der Waals surface area contributed by atoms with Crippen molar-refractivity contribution in [3.05, 3.63) is 11.9 Å². The van der Waals surface area contributed by atoms with Gasteiger partial charge in [-0.25, -0.2) is 4.68 Å². The number of carbonyl (C=O) groups excluding carboxylic acids is 1. The average molecular weight is 295 g/mol. The van der Waals surface area contributed by atoms with Crippen molar-refractivity contribution in [1.82, 2.24) is 15.0 Å². The summed E-state index contributed by atoms with van der Waals surface area (Å²) in [4.78, 5) is 11.0. The summed E-state index contributed by atoms with van der Waals surface area (Å²) in [6, 6.07) is 0. The molecular formula is C14H21N3O4. The molecule has 7 nitrogen and oxygen atoms in total. The molecule has 0 saturated heterocycles. The van der Waals surface area contributed by atoms with Crippen LogP contribution in [0.1, 0.15) is 24.3 Å². The Balaban J connectivity index is 1.92. The second-order valence-electron chi connectivity index (χ2n) is 4.13. The molecule has 0 N–H and O–H groups in total. The Labute approximate surface area is 124 Å². The van der Waals surface area contributed by atoms with Crippen molar-refractivity contribution in [2.75, 3.05) is 39.6 Å². The van der Waals surface area contributed by atoms with Crippen molar-refractivity contribution in [2.24, 2.45) is 0 Å². The Kier molecular flexibility index (Phi) is 9.04. The molecule has 7 heteroatoms. The lowest BCUT2D eigenvalue weighted by Crippen LogP contribution is -2.12. The Hall–Kier alpha value is -1.75. The quantitative estimate of drug-likeness (QED) is 0.337. The fourth-order valence-corrected chi connectivity index (χ4v) is 1.36. The van der Waals surface area contributed by atoms with Crippen molar-refractivity contribution in [2.45, 2.75) is 20.4 Å². The average Bonchev–Trinajstić information content (AvgIpc) is 2.94.